The molecule has 0 aromatic carbocycles. The van der Waals surface area contributed by atoms with Crippen LogP contribution >= 0.6 is 34.5 Å². The van der Waals surface area contributed by atoms with E-state index in [0.29, 0.717) is 17.0 Å². The number of hydrogen-bond donors (Lipinski definition) is 1. The predicted octanol–water partition coefficient (Wildman–Crippen LogP) is 4.33. The first-order valence-electron chi connectivity index (χ1n) is 7.13. The second-order valence-corrected chi connectivity index (χ2v) is 7.41. The van der Waals surface area contributed by atoms with E-state index in [1.165, 1.54) is 11.3 Å². The fourth-order valence-electron chi connectivity index (χ4n) is 2.54. The Morgan fingerprint density at radius 1 is 1.52 bits per heavy atom. The molecular weight excluding hydrogens is 331 g/mol. The molecule has 0 spiro atoms. The summed E-state index contributed by atoms with van der Waals surface area (Å²) in [7, 11) is 0. The molecule has 1 fully saturated rings. The summed E-state index contributed by atoms with van der Waals surface area (Å²) in [5.41, 5.74) is 1.04. The van der Waals surface area contributed by atoms with Crippen LogP contribution in [0.5, 0.6) is 0 Å². The maximum atomic E-state index is 11.6. The summed E-state index contributed by atoms with van der Waals surface area (Å²) in [6, 6.07) is 2.45. The van der Waals surface area contributed by atoms with Gasteiger partial charge in [-0.2, -0.15) is 0 Å². The van der Waals surface area contributed by atoms with Crippen molar-refractivity contribution in [2.24, 2.45) is 0 Å². The van der Waals surface area contributed by atoms with Gasteiger partial charge in [0.1, 0.15) is 0 Å². The molecule has 7 heteroatoms. The molecule has 2 heterocycles. The van der Waals surface area contributed by atoms with Crippen LogP contribution < -0.4 is 5.32 Å². The van der Waals surface area contributed by atoms with Crippen molar-refractivity contribution in [1.82, 2.24) is 10.2 Å². The Morgan fingerprint density at radius 2 is 2.19 bits per heavy atom. The number of halogens is 2. The molecule has 1 saturated heterocycles. The summed E-state index contributed by atoms with van der Waals surface area (Å²) in [4.78, 5) is 13.4. The Hall–Kier alpha value is -0.490. The highest BCUT2D eigenvalue weighted by Gasteiger charge is 2.25. The molecule has 1 amide bonds. The van der Waals surface area contributed by atoms with E-state index < -0.39 is 0 Å². The molecule has 2 rings (SSSR count). The molecule has 0 radical (unpaired) electrons. The quantitative estimate of drug-likeness (QED) is 0.878. The second-order valence-electron chi connectivity index (χ2n) is 5.13. The highest BCUT2D eigenvalue weighted by Crippen LogP contribution is 2.35. The molecule has 118 valence electrons. The number of carbonyl (C=O) groups excluding carboxylic acids is 1. The van der Waals surface area contributed by atoms with Gasteiger partial charge in [0.15, 0.2) is 0 Å². The molecule has 1 unspecified atom stereocenters. The highest BCUT2D eigenvalue weighted by atomic mass is 35.5. The van der Waals surface area contributed by atoms with Gasteiger partial charge >= 0.3 is 6.09 Å². The van der Waals surface area contributed by atoms with Crippen LogP contribution in [0, 0.1) is 0 Å². The molecule has 1 atom stereocenters. The van der Waals surface area contributed by atoms with Crippen LogP contribution in [0.1, 0.15) is 38.3 Å². The Balaban J connectivity index is 1.83. The van der Waals surface area contributed by atoms with Crippen LogP contribution in [0.3, 0.4) is 0 Å². The first-order chi connectivity index (χ1) is 10.0. The number of hydrogen-bond acceptors (Lipinski definition) is 4. The van der Waals surface area contributed by atoms with Gasteiger partial charge in [0.05, 0.1) is 15.3 Å². The van der Waals surface area contributed by atoms with Gasteiger partial charge in [0, 0.05) is 25.2 Å². The Kier molecular flexibility index (Phi) is 6.17. The Labute approximate surface area is 139 Å². The summed E-state index contributed by atoms with van der Waals surface area (Å²) < 4.78 is 6.47. The summed E-state index contributed by atoms with van der Waals surface area (Å²) >= 11 is 13.6. The standard InChI is InChI=1S/C14H20Cl2N2O2S/c1-3-20-14(19)18-6-4-10(5-7-18)17-9(2)11-8-12(15)21-13(11)16/h8-10,17H,3-7H2,1-2H3. The molecule has 4 nitrogen and oxygen atoms in total. The number of likely N-dealkylation sites (tertiary alicyclic amines) is 1. The van der Waals surface area contributed by atoms with E-state index in [2.05, 4.69) is 12.2 Å². The smallest absolute Gasteiger partial charge is 0.409 e. The summed E-state index contributed by atoms with van der Waals surface area (Å²) in [5, 5.41) is 3.57. The summed E-state index contributed by atoms with van der Waals surface area (Å²) in [5.74, 6) is 0. The van der Waals surface area contributed by atoms with Crippen LogP contribution in [0.25, 0.3) is 0 Å². The van der Waals surface area contributed by atoms with Gasteiger partial charge in [-0.1, -0.05) is 23.2 Å². The average Bonchev–Trinajstić information content (AvgIpc) is 2.79. The number of nitrogens with one attached hydrogen (secondary N) is 1. The summed E-state index contributed by atoms with van der Waals surface area (Å²) in [6.07, 6.45) is 1.62. The third-order valence-electron chi connectivity index (χ3n) is 3.66. The monoisotopic (exact) mass is 350 g/mol. The number of piperidine rings is 1. The molecule has 1 aromatic heterocycles. The molecule has 21 heavy (non-hydrogen) atoms. The first-order valence-corrected chi connectivity index (χ1v) is 8.71. The van der Waals surface area contributed by atoms with Crippen molar-refractivity contribution in [3.63, 3.8) is 0 Å². The lowest BCUT2D eigenvalue weighted by Crippen LogP contribution is -2.45. The molecule has 1 aromatic rings. The minimum Gasteiger partial charge on any atom is -0.450 e. The van der Waals surface area contributed by atoms with Crippen LogP contribution in [0.4, 0.5) is 4.79 Å². The first kappa shape index (κ1) is 16.9. The van der Waals surface area contributed by atoms with Gasteiger partial charge in [0.25, 0.3) is 0 Å². The maximum Gasteiger partial charge on any atom is 0.409 e. The highest BCUT2D eigenvalue weighted by molar-refractivity contribution is 7.20. The number of amides is 1. The van der Waals surface area contributed by atoms with Gasteiger partial charge in [-0.25, -0.2) is 4.79 Å². The normalized spacial score (nSPS) is 17.8. The fourth-order valence-corrected chi connectivity index (χ4v) is 4.18. The number of thiophene rings is 1. The largest absolute Gasteiger partial charge is 0.450 e. The third-order valence-corrected chi connectivity index (χ3v) is 5.17. The van der Waals surface area contributed by atoms with E-state index in [0.717, 1.165) is 35.8 Å². The third kappa shape index (κ3) is 4.49. The number of ether oxygens (including phenoxy) is 1. The van der Waals surface area contributed by atoms with Gasteiger partial charge in [-0.3, -0.25) is 0 Å². The van der Waals surface area contributed by atoms with Gasteiger partial charge in [-0.05, 0) is 38.3 Å². The lowest BCUT2D eigenvalue weighted by atomic mass is 10.0. The summed E-state index contributed by atoms with van der Waals surface area (Å²) in [6.45, 7) is 5.78. The van der Waals surface area contributed by atoms with Crippen LogP contribution in [-0.2, 0) is 4.74 Å². The zero-order valence-electron chi connectivity index (χ0n) is 12.2. The van der Waals surface area contributed by atoms with E-state index >= 15 is 0 Å². The van der Waals surface area contributed by atoms with E-state index in [4.69, 9.17) is 27.9 Å². The molecule has 1 aliphatic heterocycles. The number of nitrogens with zero attached hydrogens (tertiary/aromatic N) is 1. The lowest BCUT2D eigenvalue weighted by Gasteiger charge is -2.33. The zero-order valence-corrected chi connectivity index (χ0v) is 14.5. The molecule has 1 N–H and O–H groups in total. The number of rotatable bonds is 4. The van der Waals surface area contributed by atoms with Crippen molar-refractivity contribution in [2.45, 2.75) is 38.8 Å². The van der Waals surface area contributed by atoms with Gasteiger partial charge < -0.3 is 15.0 Å². The van der Waals surface area contributed by atoms with Crippen molar-refractivity contribution < 1.29 is 9.53 Å². The van der Waals surface area contributed by atoms with E-state index in [1.807, 2.05) is 13.0 Å². The molecule has 0 bridgehead atoms. The fraction of sp³-hybridized carbons (Fsp3) is 0.643. The SMILES string of the molecule is CCOC(=O)N1CCC(NC(C)c2cc(Cl)sc2Cl)CC1. The average molecular weight is 351 g/mol. The topological polar surface area (TPSA) is 41.6 Å². The molecular formula is C14H20Cl2N2O2S. The van der Waals surface area contributed by atoms with Gasteiger partial charge in [-0.15, -0.1) is 11.3 Å². The van der Waals surface area contributed by atoms with Crippen molar-refractivity contribution in [3.8, 4) is 0 Å². The second kappa shape index (κ2) is 7.68. The molecule has 0 saturated carbocycles. The van der Waals surface area contributed by atoms with Crippen LogP contribution in [0.15, 0.2) is 6.07 Å². The van der Waals surface area contributed by atoms with Gasteiger partial charge in [0.2, 0.25) is 0 Å². The lowest BCUT2D eigenvalue weighted by molar-refractivity contribution is 0.0944. The Morgan fingerprint density at radius 3 is 2.71 bits per heavy atom. The molecule has 0 aliphatic carbocycles. The number of carbonyl (C=O) groups is 1. The van der Waals surface area contributed by atoms with Crippen molar-refractivity contribution in [3.05, 3.63) is 20.3 Å². The van der Waals surface area contributed by atoms with Crippen molar-refractivity contribution in [2.75, 3.05) is 19.7 Å². The maximum absolute atomic E-state index is 11.6. The minimum atomic E-state index is -0.211. The van der Waals surface area contributed by atoms with E-state index in [-0.39, 0.29) is 12.1 Å². The Bertz CT molecular complexity index is 487. The van der Waals surface area contributed by atoms with E-state index in [9.17, 15) is 4.79 Å². The zero-order chi connectivity index (χ0) is 15.4. The predicted molar refractivity (Wildman–Crippen MR) is 87.5 cm³/mol. The van der Waals surface area contributed by atoms with Crippen molar-refractivity contribution >= 4 is 40.6 Å². The van der Waals surface area contributed by atoms with Crippen molar-refractivity contribution in [1.29, 1.82) is 0 Å². The molecule has 1 aliphatic rings. The van der Waals surface area contributed by atoms with Crippen LogP contribution in [0.2, 0.25) is 8.67 Å². The van der Waals surface area contributed by atoms with E-state index in [1.54, 1.807) is 4.90 Å². The minimum absolute atomic E-state index is 0.153. The van der Waals surface area contributed by atoms with Crippen LogP contribution in [-0.4, -0.2) is 36.7 Å².